The number of ketones is 1. The van der Waals surface area contributed by atoms with Gasteiger partial charge in [0.25, 0.3) is 0 Å². The van der Waals surface area contributed by atoms with Crippen molar-refractivity contribution >= 4 is 5.78 Å². The normalized spacial score (nSPS) is 19.3. The lowest BCUT2D eigenvalue weighted by atomic mass is 9.90. The summed E-state index contributed by atoms with van der Waals surface area (Å²) in [6.45, 7) is 1.71. The van der Waals surface area contributed by atoms with E-state index in [1.165, 1.54) is 18.2 Å². The number of hydrogen-bond acceptors (Lipinski definition) is 3. The van der Waals surface area contributed by atoms with Gasteiger partial charge in [-0.2, -0.15) is 39.5 Å². The number of Topliss-reactive ketones (excluding diaryl/α,β-unsaturated/α-hetero) is 1. The van der Waals surface area contributed by atoms with Crippen molar-refractivity contribution in [2.24, 2.45) is 0 Å². The molecule has 2 aromatic rings. The van der Waals surface area contributed by atoms with Crippen LogP contribution in [0.15, 0.2) is 42.5 Å². The van der Waals surface area contributed by atoms with Crippen molar-refractivity contribution in [3.63, 3.8) is 0 Å². The highest BCUT2D eigenvalue weighted by Gasteiger charge is 2.40. The highest BCUT2D eigenvalue weighted by Crippen LogP contribution is 2.39. The van der Waals surface area contributed by atoms with E-state index in [0.717, 1.165) is 38.2 Å². The lowest BCUT2D eigenvalue weighted by Gasteiger charge is -2.43. The number of nitrogens with zero attached hydrogens (tertiary/aromatic N) is 2. The summed E-state index contributed by atoms with van der Waals surface area (Å²) < 4.78 is 122. The Hall–Kier alpha value is -2.60. The van der Waals surface area contributed by atoms with Crippen molar-refractivity contribution in [2.45, 2.75) is 75.6 Å². The number of halogens is 9. The maximum atomic E-state index is 14.0. The number of rotatable bonds is 7. The van der Waals surface area contributed by atoms with Gasteiger partial charge in [0.2, 0.25) is 0 Å². The molecule has 0 radical (unpaired) electrons. The third kappa shape index (κ3) is 7.82. The Morgan fingerprint density at radius 3 is 1.85 bits per heavy atom. The first-order chi connectivity index (χ1) is 19.1. The first-order valence-electron chi connectivity index (χ1n) is 13.6. The minimum Gasteiger partial charge on any atom is -0.298 e. The fraction of sp³-hybridized carbons (Fsp3) is 0.552. The van der Waals surface area contributed by atoms with Crippen LogP contribution in [0.1, 0.15) is 72.4 Å². The average Bonchev–Trinajstić information content (AvgIpc) is 2.91. The van der Waals surface area contributed by atoms with Crippen LogP contribution >= 0.6 is 0 Å². The van der Waals surface area contributed by atoms with E-state index in [-0.39, 0.29) is 17.2 Å². The second kappa shape index (κ2) is 12.3. The maximum absolute atomic E-state index is 14.0. The third-order valence-electron chi connectivity index (χ3n) is 7.98. The molecule has 1 aliphatic heterocycles. The van der Waals surface area contributed by atoms with Gasteiger partial charge in [-0.25, -0.2) is 0 Å². The van der Waals surface area contributed by atoms with Gasteiger partial charge in [0.15, 0.2) is 5.78 Å². The molecule has 41 heavy (non-hydrogen) atoms. The molecule has 1 aliphatic carbocycles. The number of carbonyl (C=O) groups is 1. The third-order valence-corrected chi connectivity index (χ3v) is 7.98. The molecule has 1 heterocycles. The van der Waals surface area contributed by atoms with Crippen molar-refractivity contribution in [3.05, 3.63) is 70.3 Å². The molecule has 0 spiro atoms. The summed E-state index contributed by atoms with van der Waals surface area (Å²) in [6, 6.07) is 4.80. The van der Waals surface area contributed by atoms with E-state index in [1.807, 2.05) is 0 Å². The zero-order valence-electron chi connectivity index (χ0n) is 22.2. The summed E-state index contributed by atoms with van der Waals surface area (Å²) in [5.74, 6) is -0.696. The number of benzene rings is 2. The van der Waals surface area contributed by atoms with Gasteiger partial charge in [-0.05, 0) is 54.7 Å². The van der Waals surface area contributed by atoms with Gasteiger partial charge in [0.1, 0.15) is 0 Å². The van der Waals surface area contributed by atoms with Gasteiger partial charge in [-0.15, -0.1) is 0 Å². The fourth-order valence-electron chi connectivity index (χ4n) is 5.94. The molecule has 0 aromatic heterocycles. The molecule has 1 unspecified atom stereocenters. The van der Waals surface area contributed by atoms with E-state index in [2.05, 4.69) is 4.90 Å². The van der Waals surface area contributed by atoms with Crippen LogP contribution in [-0.2, 0) is 29.7 Å². The molecule has 1 atom stereocenters. The Kier molecular flexibility index (Phi) is 9.42. The average molecular weight is 595 g/mol. The monoisotopic (exact) mass is 594 g/mol. The molecule has 1 saturated heterocycles. The van der Waals surface area contributed by atoms with Gasteiger partial charge in [-0.1, -0.05) is 37.5 Å². The molecule has 2 aromatic carbocycles. The lowest BCUT2D eigenvalue weighted by Crippen LogP contribution is -2.52. The highest BCUT2D eigenvalue weighted by atomic mass is 19.4. The summed E-state index contributed by atoms with van der Waals surface area (Å²) in [4.78, 5) is 17.5. The summed E-state index contributed by atoms with van der Waals surface area (Å²) in [5.41, 5.74) is -4.65. The maximum Gasteiger partial charge on any atom is 0.416 e. The molecule has 226 valence electrons. The largest absolute Gasteiger partial charge is 0.416 e. The Morgan fingerprint density at radius 2 is 1.32 bits per heavy atom. The quantitative estimate of drug-likeness (QED) is 0.304. The Balaban J connectivity index is 1.60. The predicted octanol–water partition coefficient (Wildman–Crippen LogP) is 7.94. The Labute approximate surface area is 232 Å². The zero-order chi connectivity index (χ0) is 30.0. The second-order valence-electron chi connectivity index (χ2n) is 10.7. The SMILES string of the molecule is O=C(CCc1cc(C(F)(F)F)cc(C(F)(F)F)c1)C(c1ccccc1C(F)(F)F)N1CCN(C2CCCCC2)CC1. The number of alkyl halides is 9. The smallest absolute Gasteiger partial charge is 0.298 e. The molecule has 1 saturated carbocycles. The Morgan fingerprint density at radius 1 is 0.756 bits per heavy atom. The fourth-order valence-corrected chi connectivity index (χ4v) is 5.94. The van der Waals surface area contributed by atoms with E-state index < -0.39 is 59.9 Å². The molecule has 0 amide bonds. The van der Waals surface area contributed by atoms with Crippen molar-refractivity contribution in [1.82, 2.24) is 9.80 Å². The molecule has 0 N–H and O–H groups in total. The number of carbonyl (C=O) groups excluding carboxylic acids is 1. The summed E-state index contributed by atoms with van der Waals surface area (Å²) in [5, 5.41) is 0. The first kappa shape index (κ1) is 31.3. The van der Waals surface area contributed by atoms with Crippen LogP contribution in [0.4, 0.5) is 39.5 Å². The zero-order valence-corrected chi connectivity index (χ0v) is 22.2. The van der Waals surface area contributed by atoms with Crippen molar-refractivity contribution in [2.75, 3.05) is 26.2 Å². The molecular formula is C29H31F9N2O. The minimum absolute atomic E-state index is 0.000494. The van der Waals surface area contributed by atoms with E-state index >= 15 is 0 Å². The van der Waals surface area contributed by atoms with Crippen molar-refractivity contribution in [1.29, 1.82) is 0 Å². The topological polar surface area (TPSA) is 23.6 Å². The van der Waals surface area contributed by atoms with Crippen LogP contribution in [0.5, 0.6) is 0 Å². The second-order valence-corrected chi connectivity index (χ2v) is 10.7. The van der Waals surface area contributed by atoms with Gasteiger partial charge in [0, 0.05) is 38.6 Å². The molecular weight excluding hydrogens is 563 g/mol. The van der Waals surface area contributed by atoms with Gasteiger partial charge in [0.05, 0.1) is 22.7 Å². The van der Waals surface area contributed by atoms with Gasteiger partial charge >= 0.3 is 18.5 Å². The van der Waals surface area contributed by atoms with Crippen molar-refractivity contribution in [3.8, 4) is 0 Å². The van der Waals surface area contributed by atoms with E-state index in [1.54, 1.807) is 4.90 Å². The first-order valence-corrected chi connectivity index (χ1v) is 13.6. The number of aryl methyl sites for hydroxylation is 1. The van der Waals surface area contributed by atoms with Crippen LogP contribution in [0.25, 0.3) is 0 Å². The van der Waals surface area contributed by atoms with Crippen LogP contribution in [0.2, 0.25) is 0 Å². The van der Waals surface area contributed by atoms with E-state index in [4.69, 9.17) is 0 Å². The molecule has 4 rings (SSSR count). The summed E-state index contributed by atoms with van der Waals surface area (Å²) in [6.07, 6.45) is -10.4. The van der Waals surface area contributed by atoms with E-state index in [0.29, 0.717) is 44.4 Å². The van der Waals surface area contributed by atoms with Gasteiger partial charge in [-0.3, -0.25) is 14.6 Å². The van der Waals surface area contributed by atoms with Crippen LogP contribution in [0.3, 0.4) is 0 Å². The standard InChI is InChI=1S/C29H31F9N2O/c30-27(31,32)20-16-19(17-21(18-20)28(33,34)35)10-11-25(41)26(23-8-4-5-9-24(23)29(36,37)38)40-14-12-39(13-15-40)22-6-2-1-3-7-22/h4-5,8-9,16-18,22,26H,1-3,6-7,10-15H2. The van der Waals surface area contributed by atoms with Gasteiger partial charge < -0.3 is 0 Å². The Bertz CT molecular complexity index is 1160. The van der Waals surface area contributed by atoms with E-state index in [9.17, 15) is 44.3 Å². The summed E-state index contributed by atoms with van der Waals surface area (Å²) >= 11 is 0. The molecule has 3 nitrogen and oxygen atoms in total. The van der Waals surface area contributed by atoms with Crippen LogP contribution in [0, 0.1) is 0 Å². The molecule has 2 fully saturated rings. The summed E-state index contributed by atoms with van der Waals surface area (Å²) in [7, 11) is 0. The molecule has 0 bridgehead atoms. The van der Waals surface area contributed by atoms with Crippen LogP contribution < -0.4 is 0 Å². The predicted molar refractivity (Wildman–Crippen MR) is 134 cm³/mol. The number of hydrogen-bond donors (Lipinski definition) is 0. The lowest BCUT2D eigenvalue weighted by molar-refractivity contribution is -0.143. The van der Waals surface area contributed by atoms with Crippen LogP contribution in [-0.4, -0.2) is 47.8 Å². The highest BCUT2D eigenvalue weighted by molar-refractivity contribution is 5.86. The number of piperazine rings is 1. The molecule has 12 heteroatoms. The molecule has 2 aliphatic rings. The minimum atomic E-state index is -5.05. The van der Waals surface area contributed by atoms with Crippen molar-refractivity contribution < 1.29 is 44.3 Å².